The Morgan fingerprint density at radius 1 is 0.811 bits per heavy atom. The average Bonchev–Trinajstić information content (AvgIpc) is 3.40. The van der Waals surface area contributed by atoms with Crippen LogP contribution in [-0.2, 0) is 26.2 Å². The Kier molecular flexibility index (Phi) is 7.31. The summed E-state index contributed by atoms with van der Waals surface area (Å²) >= 11 is 0. The topological polar surface area (TPSA) is 113 Å². The molecular formula is C24H22F3N3O5S2. The Labute approximate surface area is 212 Å². The molecule has 0 atom stereocenters. The highest BCUT2D eigenvalue weighted by atomic mass is 32.2. The van der Waals surface area contributed by atoms with E-state index in [0.717, 1.165) is 31.0 Å². The number of carbonyl (C=O) groups excluding carboxylic acids is 1. The highest BCUT2D eigenvalue weighted by molar-refractivity contribution is 7.92. The lowest BCUT2D eigenvalue weighted by atomic mass is 10.1. The van der Waals surface area contributed by atoms with Crippen LogP contribution in [-0.4, -0.2) is 40.1 Å². The van der Waals surface area contributed by atoms with E-state index in [4.69, 9.17) is 0 Å². The molecule has 0 radical (unpaired) electrons. The second kappa shape index (κ2) is 10.1. The zero-order valence-corrected chi connectivity index (χ0v) is 20.8. The first-order chi connectivity index (χ1) is 17.4. The molecule has 1 heterocycles. The fourth-order valence-corrected chi connectivity index (χ4v) is 6.51. The minimum absolute atomic E-state index is 0.00531. The van der Waals surface area contributed by atoms with Gasteiger partial charge in [-0.15, -0.1) is 0 Å². The van der Waals surface area contributed by atoms with Crippen molar-refractivity contribution in [2.24, 2.45) is 0 Å². The summed E-state index contributed by atoms with van der Waals surface area (Å²) in [7, 11) is -8.20. The van der Waals surface area contributed by atoms with Gasteiger partial charge in [-0.25, -0.2) is 16.8 Å². The molecule has 2 N–H and O–H groups in total. The van der Waals surface area contributed by atoms with Crippen molar-refractivity contribution in [1.82, 2.24) is 4.31 Å². The average molecular weight is 554 g/mol. The third-order valence-electron chi connectivity index (χ3n) is 5.68. The van der Waals surface area contributed by atoms with Gasteiger partial charge in [-0.3, -0.25) is 9.52 Å². The molecule has 8 nitrogen and oxygen atoms in total. The van der Waals surface area contributed by atoms with E-state index in [-0.39, 0.29) is 21.8 Å². The third kappa shape index (κ3) is 5.95. The maximum absolute atomic E-state index is 13.0. The molecule has 1 aliphatic rings. The van der Waals surface area contributed by atoms with Crippen molar-refractivity contribution in [2.75, 3.05) is 23.1 Å². The van der Waals surface area contributed by atoms with Crippen LogP contribution in [0, 0.1) is 0 Å². The Hall–Kier alpha value is -3.42. The van der Waals surface area contributed by atoms with Crippen molar-refractivity contribution >= 4 is 37.3 Å². The Morgan fingerprint density at radius 3 is 2.16 bits per heavy atom. The largest absolute Gasteiger partial charge is 0.416 e. The van der Waals surface area contributed by atoms with Crippen LogP contribution in [0.5, 0.6) is 0 Å². The van der Waals surface area contributed by atoms with Crippen LogP contribution in [0.4, 0.5) is 24.5 Å². The summed E-state index contributed by atoms with van der Waals surface area (Å²) in [4.78, 5) is 12.4. The predicted molar refractivity (Wildman–Crippen MR) is 131 cm³/mol. The van der Waals surface area contributed by atoms with Gasteiger partial charge in [0.25, 0.3) is 15.9 Å². The lowest BCUT2D eigenvalue weighted by Gasteiger charge is -2.16. The number of rotatable bonds is 7. The monoisotopic (exact) mass is 553 g/mol. The first kappa shape index (κ1) is 26.6. The Balaban J connectivity index is 1.58. The van der Waals surface area contributed by atoms with Crippen LogP contribution in [0.1, 0.15) is 28.8 Å². The fraction of sp³-hybridized carbons (Fsp3) is 0.208. The maximum atomic E-state index is 13.0. The van der Waals surface area contributed by atoms with Crippen molar-refractivity contribution in [1.29, 1.82) is 0 Å². The van der Waals surface area contributed by atoms with Crippen LogP contribution < -0.4 is 10.0 Å². The summed E-state index contributed by atoms with van der Waals surface area (Å²) in [6.07, 6.45) is -3.20. The molecule has 0 aromatic heterocycles. The first-order valence-electron chi connectivity index (χ1n) is 11.1. The lowest BCUT2D eigenvalue weighted by molar-refractivity contribution is -0.137. The second-order valence-electron chi connectivity index (χ2n) is 8.27. The van der Waals surface area contributed by atoms with Gasteiger partial charge in [0.1, 0.15) is 0 Å². The molecular weight excluding hydrogens is 531 g/mol. The number of hydrogen-bond acceptors (Lipinski definition) is 5. The molecule has 37 heavy (non-hydrogen) atoms. The predicted octanol–water partition coefficient (Wildman–Crippen LogP) is 4.54. The third-order valence-corrected chi connectivity index (χ3v) is 8.94. The van der Waals surface area contributed by atoms with E-state index in [2.05, 4.69) is 10.0 Å². The van der Waals surface area contributed by atoms with E-state index in [1.54, 1.807) is 0 Å². The van der Waals surface area contributed by atoms with Gasteiger partial charge in [0, 0.05) is 18.8 Å². The molecule has 1 saturated heterocycles. The van der Waals surface area contributed by atoms with Crippen molar-refractivity contribution in [3.8, 4) is 0 Å². The number of carbonyl (C=O) groups is 1. The molecule has 1 fully saturated rings. The first-order valence-corrected chi connectivity index (χ1v) is 14.0. The molecule has 3 aromatic carbocycles. The molecule has 196 valence electrons. The van der Waals surface area contributed by atoms with E-state index in [9.17, 15) is 34.8 Å². The molecule has 1 amide bonds. The van der Waals surface area contributed by atoms with Crippen molar-refractivity contribution in [3.05, 3.63) is 83.9 Å². The van der Waals surface area contributed by atoms with Gasteiger partial charge in [0.05, 0.1) is 26.6 Å². The summed E-state index contributed by atoms with van der Waals surface area (Å²) in [5.41, 5.74) is -1.25. The molecule has 0 spiro atoms. The van der Waals surface area contributed by atoms with Crippen LogP contribution in [0.2, 0.25) is 0 Å². The van der Waals surface area contributed by atoms with Crippen molar-refractivity contribution in [3.63, 3.8) is 0 Å². The van der Waals surface area contributed by atoms with Crippen LogP contribution >= 0.6 is 0 Å². The molecule has 3 aromatic rings. The van der Waals surface area contributed by atoms with Crippen molar-refractivity contribution < 1.29 is 34.8 Å². The lowest BCUT2D eigenvalue weighted by Crippen LogP contribution is -2.28. The van der Waals surface area contributed by atoms with Gasteiger partial charge in [-0.05, 0) is 61.4 Å². The van der Waals surface area contributed by atoms with Crippen LogP contribution in [0.3, 0.4) is 0 Å². The molecule has 1 aliphatic heterocycles. The standard InChI is InChI=1S/C24H22F3N3O5S2/c25-24(26,27)17-7-5-9-19(15-17)36(32,33)29-22-12-2-1-11-21(22)23(31)28-18-8-6-10-20(16-18)37(34,35)30-13-3-4-14-30/h1-2,5-12,15-16,29H,3-4,13-14H2,(H,28,31). The number of anilines is 2. The number of para-hydroxylation sites is 1. The van der Waals surface area contributed by atoms with Gasteiger partial charge in [0.2, 0.25) is 10.0 Å². The number of benzene rings is 3. The molecule has 0 unspecified atom stereocenters. The summed E-state index contributed by atoms with van der Waals surface area (Å²) in [6.45, 7) is 0.830. The molecule has 4 rings (SSSR count). The molecule has 13 heteroatoms. The van der Waals surface area contributed by atoms with E-state index >= 15 is 0 Å². The summed E-state index contributed by atoms with van der Waals surface area (Å²) in [6, 6.07) is 14.4. The SMILES string of the molecule is O=C(Nc1cccc(S(=O)(=O)N2CCCC2)c1)c1ccccc1NS(=O)(=O)c1cccc(C(F)(F)F)c1. The van der Waals surface area contributed by atoms with E-state index < -0.39 is 42.6 Å². The molecule has 0 saturated carbocycles. The van der Waals surface area contributed by atoms with Crippen molar-refractivity contribution in [2.45, 2.75) is 28.8 Å². The van der Waals surface area contributed by atoms with Gasteiger partial charge < -0.3 is 5.32 Å². The molecule has 0 bridgehead atoms. The van der Waals surface area contributed by atoms with Gasteiger partial charge in [0.15, 0.2) is 0 Å². The number of halogens is 3. The number of sulfonamides is 2. The number of alkyl halides is 3. The van der Waals surface area contributed by atoms with Gasteiger partial charge in [-0.1, -0.05) is 24.3 Å². The number of amides is 1. The number of nitrogens with one attached hydrogen (secondary N) is 2. The quantitative estimate of drug-likeness (QED) is 0.446. The minimum atomic E-state index is -4.74. The molecule has 0 aliphatic carbocycles. The fourth-order valence-electron chi connectivity index (χ4n) is 3.82. The Morgan fingerprint density at radius 2 is 1.46 bits per heavy atom. The number of hydrogen-bond donors (Lipinski definition) is 2. The maximum Gasteiger partial charge on any atom is 0.416 e. The van der Waals surface area contributed by atoms with E-state index in [0.29, 0.717) is 19.2 Å². The summed E-state index contributed by atoms with van der Waals surface area (Å²) in [5.74, 6) is -0.752. The van der Waals surface area contributed by atoms with Gasteiger partial charge in [-0.2, -0.15) is 17.5 Å². The summed E-state index contributed by atoms with van der Waals surface area (Å²) < 4.78 is 94.0. The highest BCUT2D eigenvalue weighted by Crippen LogP contribution is 2.31. The smallest absolute Gasteiger partial charge is 0.322 e. The number of nitrogens with zero attached hydrogens (tertiary/aromatic N) is 1. The zero-order valence-electron chi connectivity index (χ0n) is 19.2. The normalized spacial score (nSPS) is 14.9. The second-order valence-corrected chi connectivity index (χ2v) is 11.9. The zero-order chi connectivity index (χ0) is 26.8. The highest BCUT2D eigenvalue weighted by Gasteiger charge is 2.32. The van der Waals surface area contributed by atoms with E-state index in [1.807, 2.05) is 0 Å². The summed E-state index contributed by atoms with van der Waals surface area (Å²) in [5, 5.41) is 2.55. The Bertz CT molecular complexity index is 1530. The van der Waals surface area contributed by atoms with Crippen LogP contribution in [0.25, 0.3) is 0 Å². The van der Waals surface area contributed by atoms with E-state index in [1.165, 1.54) is 52.8 Å². The minimum Gasteiger partial charge on any atom is -0.322 e. The van der Waals surface area contributed by atoms with Crippen LogP contribution in [0.15, 0.2) is 82.6 Å². The van der Waals surface area contributed by atoms with Gasteiger partial charge >= 0.3 is 6.18 Å².